The molecule has 2 fully saturated rings. The Morgan fingerprint density at radius 1 is 0.682 bits per heavy atom. The molecular formula is C48H52Cl2N6O8S2. The molecule has 2 atom stereocenters. The zero-order valence-electron chi connectivity index (χ0n) is 38.1. The van der Waals surface area contributed by atoms with E-state index in [4.69, 9.17) is 32.9 Å². The Morgan fingerprint density at radius 3 is 1.50 bits per heavy atom. The summed E-state index contributed by atoms with van der Waals surface area (Å²) in [5.41, 5.74) is 8.77. The van der Waals surface area contributed by atoms with Gasteiger partial charge < -0.3 is 29.3 Å². The van der Waals surface area contributed by atoms with Crippen molar-refractivity contribution in [1.82, 2.24) is 19.6 Å². The lowest BCUT2D eigenvalue weighted by Crippen LogP contribution is -2.34. The number of nitrogens with zero attached hydrogens (tertiary/aromatic N) is 6. The fourth-order valence-corrected chi connectivity index (χ4v) is 10.3. The summed E-state index contributed by atoms with van der Waals surface area (Å²) >= 11 is 14.0. The van der Waals surface area contributed by atoms with Crippen LogP contribution in [0.4, 0.5) is 0 Å². The molecular weight excluding hydrogens is 924 g/mol. The molecule has 4 aliphatic rings. The fraction of sp³-hybridized carbons (Fsp3) is 0.375. The lowest BCUT2D eigenvalue weighted by atomic mass is 9.88. The van der Waals surface area contributed by atoms with Gasteiger partial charge in [-0.1, -0.05) is 57.8 Å². The normalized spacial score (nSPS) is 20.5. The number of amides is 4. The van der Waals surface area contributed by atoms with Crippen LogP contribution < -0.4 is 0 Å². The van der Waals surface area contributed by atoms with E-state index in [0.717, 1.165) is 62.2 Å². The van der Waals surface area contributed by atoms with Crippen molar-refractivity contribution in [1.29, 1.82) is 0 Å². The number of oxime groups is 2. The monoisotopic (exact) mass is 974 g/mol. The minimum Gasteiger partial charge on any atom is -0.384 e. The molecule has 14 nitrogen and oxygen atoms in total. The molecule has 4 aromatic carbocycles. The molecule has 4 heterocycles. The molecule has 0 radical (unpaired) electrons. The number of sulfone groups is 1. The zero-order valence-corrected chi connectivity index (χ0v) is 41.3. The predicted molar refractivity (Wildman–Crippen MR) is 258 cm³/mol. The Hall–Kier alpha value is -5.42. The molecule has 8 rings (SSSR count). The molecule has 4 amide bonds. The van der Waals surface area contributed by atoms with Gasteiger partial charge in [0.15, 0.2) is 21.0 Å². The molecule has 18 heteroatoms. The summed E-state index contributed by atoms with van der Waals surface area (Å²) in [5, 5.41) is 9.98. The Labute approximate surface area is 399 Å². The molecule has 2 unspecified atom stereocenters. The van der Waals surface area contributed by atoms with E-state index in [1.807, 2.05) is 108 Å². The van der Waals surface area contributed by atoms with Crippen LogP contribution in [0.1, 0.15) is 91.9 Å². The number of aryl methyl sites for hydroxylation is 4. The Kier molecular flexibility index (Phi) is 14.0. The van der Waals surface area contributed by atoms with Gasteiger partial charge in [0.05, 0.1) is 30.6 Å². The summed E-state index contributed by atoms with van der Waals surface area (Å²) in [7, 11) is -3.38. The number of carbonyl (C=O) groups excluding carboxylic acids is 4. The Balaban J connectivity index is 0.000000197. The summed E-state index contributed by atoms with van der Waals surface area (Å²) in [5.74, 6) is -0.674. The first-order chi connectivity index (χ1) is 31.0. The first-order valence-corrected chi connectivity index (χ1v) is 25.3. The van der Waals surface area contributed by atoms with E-state index in [1.54, 1.807) is 27.6 Å². The molecule has 0 spiro atoms. The van der Waals surface area contributed by atoms with Crippen LogP contribution >= 0.6 is 35.0 Å². The Bertz CT molecular complexity index is 2780. The summed E-state index contributed by atoms with van der Waals surface area (Å²) in [6, 6.07) is 22.8. The molecule has 0 bridgehead atoms. The van der Waals surface area contributed by atoms with Crippen molar-refractivity contribution in [3.8, 4) is 0 Å². The fourth-order valence-electron chi connectivity index (χ4n) is 8.42. The number of hydrogen-bond donors (Lipinski definition) is 0. The van der Waals surface area contributed by atoms with Crippen molar-refractivity contribution in [2.24, 2.45) is 10.3 Å². The van der Waals surface area contributed by atoms with Gasteiger partial charge in [0.1, 0.15) is 19.0 Å². The van der Waals surface area contributed by atoms with Gasteiger partial charge in [0.25, 0.3) is 11.8 Å². The van der Waals surface area contributed by atoms with Crippen LogP contribution in [-0.2, 0) is 40.3 Å². The van der Waals surface area contributed by atoms with Crippen LogP contribution in [-0.4, -0.2) is 114 Å². The standard InChI is InChI=1S/C24H26ClN3O5S.C24H26ClN3O3S/c1-15-7-18(10-19(25)8-15)24(3)11-21(26-33-24)17-5-6-20(16(2)9-17)23(30)27-12-22(29)28(13-27)14-34(4,31)32;1-15-7-18(10-19(25)8-15)24(3)11-21(26-31-24)17-5-6-20(16(2)9-17)23(30)27-12-22(29)28(13-27)14-32-4/h5-10H,11-14H2,1-4H3;5-10H,11-14H2,1-4H3. The largest absolute Gasteiger partial charge is 0.384 e. The number of benzene rings is 4. The van der Waals surface area contributed by atoms with Crippen LogP contribution in [0.2, 0.25) is 10.0 Å². The highest BCUT2D eigenvalue weighted by atomic mass is 35.5. The van der Waals surface area contributed by atoms with E-state index in [9.17, 15) is 27.6 Å². The maximum absolute atomic E-state index is 13.0. The second kappa shape index (κ2) is 19.1. The quantitative estimate of drug-likeness (QED) is 0.155. The van der Waals surface area contributed by atoms with Crippen molar-refractivity contribution in [2.45, 2.75) is 65.6 Å². The molecule has 0 saturated carbocycles. The van der Waals surface area contributed by atoms with Crippen molar-refractivity contribution in [3.05, 3.63) is 138 Å². The smallest absolute Gasteiger partial charge is 0.256 e. The maximum atomic E-state index is 13.0. The van der Waals surface area contributed by atoms with Gasteiger partial charge in [-0.25, -0.2) is 8.42 Å². The topological polar surface area (TPSA) is 159 Å². The molecule has 0 aromatic heterocycles. The van der Waals surface area contributed by atoms with E-state index in [0.29, 0.717) is 46.6 Å². The minimum atomic E-state index is -3.38. The predicted octanol–water partition coefficient (Wildman–Crippen LogP) is 7.80. The van der Waals surface area contributed by atoms with E-state index >= 15 is 0 Å². The molecule has 66 heavy (non-hydrogen) atoms. The van der Waals surface area contributed by atoms with Gasteiger partial charge in [0, 0.05) is 40.3 Å². The third kappa shape index (κ3) is 10.7. The highest BCUT2D eigenvalue weighted by molar-refractivity contribution is 7.98. The van der Waals surface area contributed by atoms with Gasteiger partial charge >= 0.3 is 0 Å². The third-order valence-electron chi connectivity index (χ3n) is 11.9. The summed E-state index contributed by atoms with van der Waals surface area (Å²) in [4.78, 5) is 67.8. The van der Waals surface area contributed by atoms with E-state index in [2.05, 4.69) is 16.4 Å². The second-order valence-electron chi connectivity index (χ2n) is 17.8. The average Bonchev–Trinajstić information content (AvgIpc) is 4.03. The first kappa shape index (κ1) is 48.5. The molecule has 4 aliphatic heterocycles. The number of halogens is 2. The molecule has 4 aromatic rings. The van der Waals surface area contributed by atoms with Gasteiger partial charge in [-0.05, 0) is 141 Å². The lowest BCUT2D eigenvalue weighted by Gasteiger charge is -2.22. The van der Waals surface area contributed by atoms with Crippen molar-refractivity contribution in [3.63, 3.8) is 0 Å². The van der Waals surface area contributed by atoms with Gasteiger partial charge in [-0.2, -0.15) is 0 Å². The van der Waals surface area contributed by atoms with Crippen molar-refractivity contribution >= 4 is 79.9 Å². The number of carbonyl (C=O) groups is 4. The Morgan fingerprint density at radius 2 is 1.11 bits per heavy atom. The number of hydrogen-bond acceptors (Lipinski definition) is 11. The van der Waals surface area contributed by atoms with Gasteiger partial charge in [-0.3, -0.25) is 19.2 Å². The molecule has 0 aliphatic carbocycles. The third-order valence-corrected chi connectivity index (χ3v) is 13.7. The van der Waals surface area contributed by atoms with Gasteiger partial charge in [-0.15, -0.1) is 11.8 Å². The van der Waals surface area contributed by atoms with Gasteiger partial charge in [0.2, 0.25) is 11.8 Å². The minimum absolute atomic E-state index is 0.0185. The highest BCUT2D eigenvalue weighted by Gasteiger charge is 2.39. The maximum Gasteiger partial charge on any atom is 0.256 e. The van der Waals surface area contributed by atoms with E-state index in [-0.39, 0.29) is 43.4 Å². The first-order valence-electron chi connectivity index (χ1n) is 21.1. The van der Waals surface area contributed by atoms with Crippen LogP contribution in [0, 0.1) is 27.7 Å². The molecule has 2 saturated heterocycles. The summed E-state index contributed by atoms with van der Waals surface area (Å²) in [6.45, 7) is 11.9. The van der Waals surface area contributed by atoms with Crippen molar-refractivity contribution in [2.75, 3.05) is 50.7 Å². The summed E-state index contributed by atoms with van der Waals surface area (Å²) in [6.07, 6.45) is 4.14. The highest BCUT2D eigenvalue weighted by Crippen LogP contribution is 2.39. The SMILES string of the molecule is CSCN1CN(C(=O)c2ccc(C3=NOC(C)(c4cc(C)cc(Cl)c4)C3)cc2C)CC1=O.Cc1cc(Cl)cc(C2(C)CC(c3ccc(C(=O)N4CC(=O)N(CS(C)(=O)=O)C4)c(C)c3)=NO2)c1. The number of thioether (sulfide) groups is 1. The average molecular weight is 976 g/mol. The van der Waals surface area contributed by atoms with Crippen LogP contribution in [0.5, 0.6) is 0 Å². The van der Waals surface area contributed by atoms with E-state index in [1.165, 1.54) is 9.80 Å². The molecule has 0 N–H and O–H groups in total. The van der Waals surface area contributed by atoms with E-state index < -0.39 is 26.9 Å². The van der Waals surface area contributed by atoms with Crippen LogP contribution in [0.25, 0.3) is 0 Å². The van der Waals surface area contributed by atoms with Crippen molar-refractivity contribution < 1.29 is 37.3 Å². The zero-order chi connectivity index (χ0) is 47.9. The second-order valence-corrected chi connectivity index (χ2v) is 21.6. The molecule has 348 valence electrons. The lowest BCUT2D eigenvalue weighted by molar-refractivity contribution is -0.126. The number of rotatable bonds is 10. The summed E-state index contributed by atoms with van der Waals surface area (Å²) < 4.78 is 23.1. The van der Waals surface area contributed by atoms with Crippen LogP contribution in [0.15, 0.2) is 83.1 Å². The van der Waals surface area contributed by atoms with Crippen LogP contribution in [0.3, 0.4) is 0 Å².